The summed E-state index contributed by atoms with van der Waals surface area (Å²) < 4.78 is 7.60. The SMILES string of the molecule is Cn1nc(OCCNc2ncnc3c2C=CCC3)cc1-c1ccc(Cl)cc1. The second-order valence-corrected chi connectivity index (χ2v) is 6.73. The summed E-state index contributed by atoms with van der Waals surface area (Å²) in [6.07, 6.45) is 7.83. The molecule has 138 valence electrons. The minimum atomic E-state index is 0.486. The van der Waals surface area contributed by atoms with E-state index >= 15 is 0 Å². The lowest BCUT2D eigenvalue weighted by Gasteiger charge is -2.14. The topological polar surface area (TPSA) is 64.9 Å². The first-order chi connectivity index (χ1) is 13.2. The van der Waals surface area contributed by atoms with Crippen LogP contribution in [0.5, 0.6) is 5.88 Å². The van der Waals surface area contributed by atoms with Gasteiger partial charge in [0.15, 0.2) is 0 Å². The minimum absolute atomic E-state index is 0.486. The summed E-state index contributed by atoms with van der Waals surface area (Å²) in [5.74, 6) is 1.44. The van der Waals surface area contributed by atoms with Gasteiger partial charge in [-0.3, -0.25) is 4.68 Å². The number of fused-ring (bicyclic) bond motifs is 1. The fourth-order valence-electron chi connectivity index (χ4n) is 3.10. The Morgan fingerprint density at radius 2 is 2.07 bits per heavy atom. The van der Waals surface area contributed by atoms with Gasteiger partial charge in [0.1, 0.15) is 18.8 Å². The van der Waals surface area contributed by atoms with Gasteiger partial charge < -0.3 is 10.1 Å². The molecule has 0 spiro atoms. The number of aromatic nitrogens is 4. The van der Waals surface area contributed by atoms with Crippen molar-refractivity contribution in [2.24, 2.45) is 7.05 Å². The Bertz CT molecular complexity index is 965. The molecule has 0 atom stereocenters. The predicted octanol–water partition coefficient (Wildman–Crippen LogP) is 3.98. The average molecular weight is 382 g/mol. The zero-order valence-corrected chi connectivity index (χ0v) is 15.8. The number of rotatable bonds is 6. The Hall–Kier alpha value is -2.86. The molecule has 7 heteroatoms. The second-order valence-electron chi connectivity index (χ2n) is 6.30. The van der Waals surface area contributed by atoms with Crippen LogP contribution in [0, 0.1) is 0 Å². The summed E-state index contributed by atoms with van der Waals surface area (Å²) in [4.78, 5) is 8.69. The number of halogens is 1. The molecule has 1 N–H and O–H groups in total. The molecule has 0 saturated carbocycles. The van der Waals surface area contributed by atoms with Crippen molar-refractivity contribution in [2.75, 3.05) is 18.5 Å². The van der Waals surface area contributed by atoms with Crippen LogP contribution < -0.4 is 10.1 Å². The van der Waals surface area contributed by atoms with Crippen molar-refractivity contribution < 1.29 is 4.74 Å². The molecule has 0 aliphatic heterocycles. The first-order valence-electron chi connectivity index (χ1n) is 8.88. The first-order valence-corrected chi connectivity index (χ1v) is 9.25. The van der Waals surface area contributed by atoms with Crippen molar-refractivity contribution in [2.45, 2.75) is 12.8 Å². The number of hydrogen-bond acceptors (Lipinski definition) is 5. The monoisotopic (exact) mass is 381 g/mol. The zero-order valence-electron chi connectivity index (χ0n) is 15.0. The van der Waals surface area contributed by atoms with Gasteiger partial charge in [-0.15, -0.1) is 5.10 Å². The second kappa shape index (κ2) is 7.80. The molecule has 4 rings (SSSR count). The number of allylic oxidation sites excluding steroid dienone is 1. The number of hydrogen-bond donors (Lipinski definition) is 1. The minimum Gasteiger partial charge on any atom is -0.475 e. The van der Waals surface area contributed by atoms with Gasteiger partial charge in [-0.25, -0.2) is 9.97 Å². The van der Waals surface area contributed by atoms with E-state index in [1.807, 2.05) is 37.4 Å². The lowest BCUT2D eigenvalue weighted by molar-refractivity contribution is 0.316. The molecule has 3 aromatic rings. The molecule has 6 nitrogen and oxygen atoms in total. The smallest absolute Gasteiger partial charge is 0.233 e. The first kappa shape index (κ1) is 17.5. The molecule has 0 radical (unpaired) electrons. The lowest BCUT2D eigenvalue weighted by atomic mass is 10.0. The highest BCUT2D eigenvalue weighted by molar-refractivity contribution is 6.30. The van der Waals surface area contributed by atoms with Crippen LogP contribution in [-0.4, -0.2) is 32.9 Å². The van der Waals surface area contributed by atoms with E-state index in [4.69, 9.17) is 16.3 Å². The maximum absolute atomic E-state index is 5.96. The standard InChI is InChI=1S/C20H20ClN5O/c1-26-18(14-6-8-15(21)9-7-14)12-19(25-26)27-11-10-22-20-16-4-2-3-5-17(16)23-13-24-20/h2,4,6-9,12-13H,3,5,10-11H2,1H3,(H,22,23,24). The lowest BCUT2D eigenvalue weighted by Crippen LogP contribution is -2.15. The van der Waals surface area contributed by atoms with E-state index in [0.29, 0.717) is 24.1 Å². The number of aryl methyl sites for hydroxylation is 2. The van der Waals surface area contributed by atoms with E-state index in [-0.39, 0.29) is 0 Å². The summed E-state index contributed by atoms with van der Waals surface area (Å²) in [5.41, 5.74) is 4.19. The summed E-state index contributed by atoms with van der Waals surface area (Å²) in [5, 5.41) is 8.46. The van der Waals surface area contributed by atoms with Gasteiger partial charge in [-0.2, -0.15) is 0 Å². The van der Waals surface area contributed by atoms with E-state index < -0.39 is 0 Å². The molecule has 0 fully saturated rings. The highest BCUT2D eigenvalue weighted by Gasteiger charge is 2.12. The molecule has 0 bridgehead atoms. The van der Waals surface area contributed by atoms with E-state index in [0.717, 1.165) is 41.2 Å². The normalized spacial score (nSPS) is 12.7. The van der Waals surface area contributed by atoms with Crippen molar-refractivity contribution in [1.82, 2.24) is 19.7 Å². The third-order valence-electron chi connectivity index (χ3n) is 4.44. The van der Waals surface area contributed by atoms with Crippen molar-refractivity contribution in [3.05, 3.63) is 59.0 Å². The quantitative estimate of drug-likeness (QED) is 0.654. The Morgan fingerprint density at radius 1 is 1.22 bits per heavy atom. The molecule has 1 aromatic carbocycles. The molecule has 2 heterocycles. The van der Waals surface area contributed by atoms with Crippen LogP contribution in [0.15, 0.2) is 42.7 Å². The van der Waals surface area contributed by atoms with Crippen LogP contribution in [0.2, 0.25) is 5.02 Å². The van der Waals surface area contributed by atoms with Crippen LogP contribution in [0.1, 0.15) is 17.7 Å². The highest BCUT2D eigenvalue weighted by atomic mass is 35.5. The summed E-state index contributed by atoms with van der Waals surface area (Å²) in [7, 11) is 1.90. The van der Waals surface area contributed by atoms with Crippen molar-refractivity contribution >= 4 is 23.5 Å². The van der Waals surface area contributed by atoms with Gasteiger partial charge in [-0.05, 0) is 25.0 Å². The maximum Gasteiger partial charge on any atom is 0.233 e. The molecule has 0 saturated heterocycles. The van der Waals surface area contributed by atoms with Gasteiger partial charge in [0.25, 0.3) is 0 Å². The van der Waals surface area contributed by atoms with Crippen LogP contribution in [0.3, 0.4) is 0 Å². The molecular formula is C20H20ClN5O. The van der Waals surface area contributed by atoms with E-state index in [1.165, 1.54) is 0 Å². The number of anilines is 1. The van der Waals surface area contributed by atoms with Gasteiger partial charge in [0.05, 0.1) is 17.9 Å². The highest BCUT2D eigenvalue weighted by Crippen LogP contribution is 2.25. The van der Waals surface area contributed by atoms with Crippen molar-refractivity contribution in [3.8, 4) is 17.1 Å². The fraction of sp³-hybridized carbons (Fsp3) is 0.250. The molecular weight excluding hydrogens is 362 g/mol. The van der Waals surface area contributed by atoms with Gasteiger partial charge in [-0.1, -0.05) is 35.9 Å². The van der Waals surface area contributed by atoms with Crippen molar-refractivity contribution in [3.63, 3.8) is 0 Å². The van der Waals surface area contributed by atoms with Crippen molar-refractivity contribution in [1.29, 1.82) is 0 Å². The van der Waals surface area contributed by atoms with Crippen LogP contribution >= 0.6 is 11.6 Å². The Kier molecular flexibility index (Phi) is 5.07. The number of ether oxygens (including phenoxy) is 1. The summed E-state index contributed by atoms with van der Waals surface area (Å²) in [6.45, 7) is 1.11. The summed E-state index contributed by atoms with van der Waals surface area (Å²) >= 11 is 5.96. The average Bonchev–Trinajstić information content (AvgIpc) is 3.06. The molecule has 1 aliphatic rings. The molecule has 27 heavy (non-hydrogen) atoms. The van der Waals surface area contributed by atoms with Crippen LogP contribution in [0.4, 0.5) is 5.82 Å². The molecule has 2 aromatic heterocycles. The molecule has 0 unspecified atom stereocenters. The van der Waals surface area contributed by atoms with E-state index in [2.05, 4.69) is 32.5 Å². The third-order valence-corrected chi connectivity index (χ3v) is 4.69. The van der Waals surface area contributed by atoms with E-state index in [1.54, 1.807) is 11.0 Å². The fourth-order valence-corrected chi connectivity index (χ4v) is 3.22. The number of benzene rings is 1. The third kappa shape index (κ3) is 3.95. The zero-order chi connectivity index (χ0) is 18.6. The van der Waals surface area contributed by atoms with Gasteiger partial charge >= 0.3 is 0 Å². The molecule has 1 aliphatic carbocycles. The summed E-state index contributed by atoms with van der Waals surface area (Å²) in [6, 6.07) is 9.60. The Morgan fingerprint density at radius 3 is 2.93 bits per heavy atom. The maximum atomic E-state index is 5.96. The van der Waals surface area contributed by atoms with Gasteiger partial charge in [0.2, 0.25) is 5.88 Å². The van der Waals surface area contributed by atoms with Gasteiger partial charge in [0, 0.05) is 29.3 Å². The number of nitrogens with zero attached hydrogens (tertiary/aromatic N) is 4. The van der Waals surface area contributed by atoms with E-state index in [9.17, 15) is 0 Å². The molecule has 0 amide bonds. The predicted molar refractivity (Wildman–Crippen MR) is 107 cm³/mol. The largest absolute Gasteiger partial charge is 0.475 e. The Labute approximate surface area is 162 Å². The Balaban J connectivity index is 1.36. The number of nitrogens with one attached hydrogen (secondary N) is 1. The van der Waals surface area contributed by atoms with Crippen LogP contribution in [-0.2, 0) is 13.5 Å². The van der Waals surface area contributed by atoms with Crippen LogP contribution in [0.25, 0.3) is 17.3 Å².